The molecule has 12 heteroatoms. The first kappa shape index (κ1) is 29.8. The van der Waals surface area contributed by atoms with Crippen molar-refractivity contribution in [2.24, 2.45) is 0 Å². The van der Waals surface area contributed by atoms with Crippen molar-refractivity contribution in [2.75, 3.05) is 20.3 Å². The van der Waals surface area contributed by atoms with Crippen LogP contribution in [0.1, 0.15) is 28.5 Å². The second-order valence-corrected chi connectivity index (χ2v) is 12.1. The van der Waals surface area contributed by atoms with E-state index >= 15 is 4.39 Å². The van der Waals surface area contributed by atoms with Crippen LogP contribution in [0.15, 0.2) is 60.5 Å². The number of hydrogen-bond acceptors (Lipinski definition) is 7. The molecule has 2 aliphatic heterocycles. The first-order valence-electron chi connectivity index (χ1n) is 14.7. The zero-order valence-corrected chi connectivity index (χ0v) is 25.9. The van der Waals surface area contributed by atoms with E-state index in [4.69, 9.17) is 19.6 Å². The fraction of sp³-hybridized carbons (Fsp3) is 0.235. The molecule has 234 valence electrons. The Kier molecular flexibility index (Phi) is 7.61. The van der Waals surface area contributed by atoms with Gasteiger partial charge in [0.1, 0.15) is 35.4 Å². The summed E-state index contributed by atoms with van der Waals surface area (Å²) in [4.78, 5) is 32.0. The maximum absolute atomic E-state index is 16.0. The third kappa shape index (κ3) is 5.03. The van der Waals surface area contributed by atoms with Gasteiger partial charge in [-0.2, -0.15) is 5.10 Å². The van der Waals surface area contributed by atoms with Gasteiger partial charge in [-0.05, 0) is 42.1 Å². The van der Waals surface area contributed by atoms with Crippen molar-refractivity contribution in [3.8, 4) is 39.5 Å². The summed E-state index contributed by atoms with van der Waals surface area (Å²) >= 11 is 1.39. The molecule has 0 fully saturated rings. The number of aromatic nitrogens is 3. The average Bonchev–Trinajstić information content (AvgIpc) is 3.78. The number of rotatable bonds is 8. The zero-order chi connectivity index (χ0) is 32.1. The molecule has 2 amide bonds. The zero-order valence-electron chi connectivity index (χ0n) is 25.1. The minimum absolute atomic E-state index is 0.00889. The van der Waals surface area contributed by atoms with Gasteiger partial charge in [0.25, 0.3) is 5.91 Å². The number of ether oxygens (including phenoxy) is 2. The van der Waals surface area contributed by atoms with Crippen LogP contribution in [0.2, 0.25) is 0 Å². The largest absolute Gasteiger partial charge is 0.490 e. The van der Waals surface area contributed by atoms with Crippen molar-refractivity contribution < 1.29 is 27.8 Å². The van der Waals surface area contributed by atoms with E-state index < -0.39 is 11.6 Å². The molecule has 2 aromatic carbocycles. The summed E-state index contributed by atoms with van der Waals surface area (Å²) in [5.74, 6) is -1.93. The van der Waals surface area contributed by atoms with Crippen molar-refractivity contribution in [3.05, 3.63) is 89.0 Å². The standard InChI is InChI=1S/C34H29F2N5O4S/c1-4-28(42)40-17-22-14-26(39-41(22)16-18(40)2)32-30(29-25(36)12-21(35)13-27(29)45-9-8-44-3)33-23(7-10-46-33)31(38-32)19-5-6-20-15-37-34(43)24(20)11-19/h4-7,10-14,18H,1,8-9,15-17H2,2-3H3,(H,37,43)/t18-/m1/s1. The molecule has 1 atom stereocenters. The molecule has 9 nitrogen and oxygen atoms in total. The molecule has 0 saturated carbocycles. The molecule has 7 rings (SSSR count). The number of fused-ring (bicyclic) bond motifs is 3. The first-order chi connectivity index (χ1) is 22.3. The SMILES string of the molecule is C=CC(=O)N1Cc2cc(-c3nc(-c4ccc5c(c4)C(=O)NC5)c4ccsc4c3-c3c(F)cc(F)cc3OCCOC)nn2C[C@H]1C. The van der Waals surface area contributed by atoms with Gasteiger partial charge in [0.05, 0.1) is 36.6 Å². The van der Waals surface area contributed by atoms with Crippen molar-refractivity contribution in [3.63, 3.8) is 0 Å². The lowest BCUT2D eigenvalue weighted by Crippen LogP contribution is -2.44. The highest BCUT2D eigenvalue weighted by Crippen LogP contribution is 2.47. The van der Waals surface area contributed by atoms with Crippen molar-refractivity contribution >= 4 is 33.2 Å². The molecule has 2 aliphatic rings. The van der Waals surface area contributed by atoms with Gasteiger partial charge in [0, 0.05) is 58.6 Å². The summed E-state index contributed by atoms with van der Waals surface area (Å²) in [7, 11) is 1.51. The summed E-state index contributed by atoms with van der Waals surface area (Å²) < 4.78 is 44.1. The maximum Gasteiger partial charge on any atom is 0.251 e. The molecule has 5 aromatic rings. The van der Waals surface area contributed by atoms with E-state index in [9.17, 15) is 14.0 Å². The lowest BCUT2D eigenvalue weighted by molar-refractivity contribution is -0.129. The molecule has 0 saturated heterocycles. The molecule has 0 aliphatic carbocycles. The molecule has 0 bridgehead atoms. The number of thiophene rings is 1. The molecule has 1 N–H and O–H groups in total. The van der Waals surface area contributed by atoms with Crippen molar-refractivity contribution in [1.82, 2.24) is 25.0 Å². The van der Waals surface area contributed by atoms with Gasteiger partial charge in [0.2, 0.25) is 5.91 Å². The Morgan fingerprint density at radius 3 is 2.80 bits per heavy atom. The van der Waals surface area contributed by atoms with Crippen LogP contribution in [-0.4, -0.2) is 57.8 Å². The average molecular weight is 642 g/mol. The number of methoxy groups -OCH3 is 1. The summed E-state index contributed by atoms with van der Waals surface area (Å²) in [6, 6.07) is 11.2. The molecule has 3 aromatic heterocycles. The number of carbonyl (C=O) groups is 2. The van der Waals surface area contributed by atoms with E-state index in [2.05, 4.69) is 11.9 Å². The number of carbonyl (C=O) groups excluding carboxylic acids is 2. The number of benzene rings is 2. The third-order valence-corrected chi connectivity index (χ3v) is 9.29. The van der Waals surface area contributed by atoms with E-state index in [1.165, 1.54) is 24.5 Å². The minimum atomic E-state index is -0.813. The Bertz CT molecular complexity index is 2060. The van der Waals surface area contributed by atoms with E-state index in [0.29, 0.717) is 58.1 Å². The van der Waals surface area contributed by atoms with Crippen LogP contribution in [-0.2, 0) is 29.2 Å². The van der Waals surface area contributed by atoms with Crippen LogP contribution >= 0.6 is 11.3 Å². The highest BCUT2D eigenvalue weighted by atomic mass is 32.1. The van der Waals surface area contributed by atoms with E-state index in [-0.39, 0.29) is 42.4 Å². The molecule has 0 spiro atoms. The predicted molar refractivity (Wildman–Crippen MR) is 170 cm³/mol. The lowest BCUT2D eigenvalue weighted by atomic mass is 9.95. The number of hydrogen-bond donors (Lipinski definition) is 1. The van der Waals surface area contributed by atoms with Crippen molar-refractivity contribution in [1.29, 1.82) is 0 Å². The summed E-state index contributed by atoms with van der Waals surface area (Å²) in [6.45, 7) is 7.06. The second-order valence-electron chi connectivity index (χ2n) is 11.2. The Labute approximate surface area is 267 Å². The molecular formula is C34H29F2N5O4S. The minimum Gasteiger partial charge on any atom is -0.490 e. The quantitative estimate of drug-likeness (QED) is 0.166. The van der Waals surface area contributed by atoms with E-state index in [0.717, 1.165) is 28.8 Å². The number of nitrogens with one attached hydrogen (secondary N) is 1. The fourth-order valence-corrected chi connectivity index (χ4v) is 7.06. The number of nitrogens with zero attached hydrogens (tertiary/aromatic N) is 4. The van der Waals surface area contributed by atoms with Gasteiger partial charge in [-0.3, -0.25) is 14.3 Å². The number of pyridine rings is 1. The number of amides is 2. The fourth-order valence-electron chi connectivity index (χ4n) is 6.11. The van der Waals surface area contributed by atoms with Gasteiger partial charge in [-0.1, -0.05) is 18.7 Å². The van der Waals surface area contributed by atoms with Crippen LogP contribution in [0, 0.1) is 11.6 Å². The van der Waals surface area contributed by atoms with E-state index in [1.54, 1.807) is 4.90 Å². The summed E-state index contributed by atoms with van der Waals surface area (Å²) in [6.07, 6.45) is 1.29. The topological polar surface area (TPSA) is 98.6 Å². The Balaban J connectivity index is 1.49. The normalized spacial score (nSPS) is 15.5. The molecular weight excluding hydrogens is 612 g/mol. The third-order valence-electron chi connectivity index (χ3n) is 8.35. The van der Waals surface area contributed by atoms with Crippen molar-refractivity contribution in [2.45, 2.75) is 32.6 Å². The van der Waals surface area contributed by atoms with Crippen LogP contribution < -0.4 is 10.1 Å². The Morgan fingerprint density at radius 2 is 2.00 bits per heavy atom. The molecule has 0 unspecified atom stereocenters. The van der Waals surface area contributed by atoms with Crippen LogP contribution in [0.4, 0.5) is 8.78 Å². The van der Waals surface area contributed by atoms with Crippen LogP contribution in [0.25, 0.3) is 43.9 Å². The van der Waals surface area contributed by atoms with Crippen LogP contribution in [0.3, 0.4) is 0 Å². The highest BCUT2D eigenvalue weighted by Gasteiger charge is 2.31. The molecule has 0 radical (unpaired) electrons. The Morgan fingerprint density at radius 1 is 1.15 bits per heavy atom. The van der Waals surface area contributed by atoms with Gasteiger partial charge in [0.15, 0.2) is 0 Å². The number of halogens is 2. The summed E-state index contributed by atoms with van der Waals surface area (Å²) in [5.41, 5.74) is 4.80. The summed E-state index contributed by atoms with van der Waals surface area (Å²) in [5, 5.41) is 10.4. The van der Waals surface area contributed by atoms with Gasteiger partial charge in [-0.25, -0.2) is 13.8 Å². The monoisotopic (exact) mass is 641 g/mol. The van der Waals surface area contributed by atoms with Gasteiger partial charge in [-0.15, -0.1) is 11.3 Å². The Hall–Kier alpha value is -4.94. The second kappa shape index (κ2) is 11.8. The van der Waals surface area contributed by atoms with Gasteiger partial charge >= 0.3 is 0 Å². The van der Waals surface area contributed by atoms with E-state index in [1.807, 2.05) is 47.3 Å². The first-order valence-corrected chi connectivity index (χ1v) is 15.6. The predicted octanol–water partition coefficient (Wildman–Crippen LogP) is 5.96. The smallest absolute Gasteiger partial charge is 0.251 e. The lowest BCUT2D eigenvalue weighted by Gasteiger charge is -2.33. The van der Waals surface area contributed by atoms with Crippen LogP contribution in [0.5, 0.6) is 5.75 Å². The maximum atomic E-state index is 16.0. The molecule has 5 heterocycles. The molecule has 46 heavy (non-hydrogen) atoms. The highest BCUT2D eigenvalue weighted by molar-refractivity contribution is 7.18. The van der Waals surface area contributed by atoms with Gasteiger partial charge < -0.3 is 19.7 Å².